The average Bonchev–Trinajstić information content (AvgIpc) is 2.75. The Bertz CT molecular complexity index is 491. The van der Waals surface area contributed by atoms with Gasteiger partial charge in [0.1, 0.15) is 5.60 Å². The van der Waals surface area contributed by atoms with E-state index < -0.39 is 11.4 Å². The van der Waals surface area contributed by atoms with Crippen molar-refractivity contribution in [2.24, 2.45) is 0 Å². The van der Waals surface area contributed by atoms with Crippen molar-refractivity contribution < 1.29 is 18.7 Å². The lowest BCUT2D eigenvalue weighted by Crippen LogP contribution is -2.41. The predicted octanol–water partition coefficient (Wildman–Crippen LogP) is 3.69. The number of ketones is 1. The van der Waals surface area contributed by atoms with Gasteiger partial charge >= 0.3 is 0 Å². The highest BCUT2D eigenvalue weighted by Gasteiger charge is 2.38. The summed E-state index contributed by atoms with van der Waals surface area (Å²) in [6.07, 6.45) is 5.75. The molecular formula is C17H23FO3. The molecule has 116 valence electrons. The van der Waals surface area contributed by atoms with E-state index in [-0.39, 0.29) is 18.0 Å². The summed E-state index contributed by atoms with van der Waals surface area (Å²) in [4.78, 5) is 12.7. The second-order valence-corrected chi connectivity index (χ2v) is 5.65. The summed E-state index contributed by atoms with van der Waals surface area (Å²) >= 11 is 0. The van der Waals surface area contributed by atoms with Crippen LogP contribution in [0.5, 0.6) is 5.75 Å². The molecule has 0 radical (unpaired) electrons. The molecule has 2 rings (SSSR count). The minimum absolute atomic E-state index is 0.0287. The first-order valence-corrected chi connectivity index (χ1v) is 7.53. The Hall–Kier alpha value is -1.42. The molecule has 0 atom stereocenters. The number of hydrogen-bond donors (Lipinski definition) is 0. The highest BCUT2D eigenvalue weighted by molar-refractivity contribution is 5.89. The van der Waals surface area contributed by atoms with Gasteiger partial charge in [-0.15, -0.1) is 0 Å². The van der Waals surface area contributed by atoms with Gasteiger partial charge in [-0.25, -0.2) is 4.39 Å². The number of hydrogen-bond acceptors (Lipinski definition) is 3. The second-order valence-electron chi connectivity index (χ2n) is 5.65. The van der Waals surface area contributed by atoms with Crippen LogP contribution >= 0.6 is 0 Å². The van der Waals surface area contributed by atoms with Crippen molar-refractivity contribution in [2.75, 3.05) is 14.2 Å². The van der Waals surface area contributed by atoms with Crippen molar-refractivity contribution in [3.05, 3.63) is 29.6 Å². The van der Waals surface area contributed by atoms with E-state index in [9.17, 15) is 9.18 Å². The maximum Gasteiger partial charge on any atom is 0.169 e. The molecule has 1 aliphatic rings. The Labute approximate surface area is 125 Å². The van der Waals surface area contributed by atoms with Crippen molar-refractivity contribution in [3.8, 4) is 5.75 Å². The van der Waals surface area contributed by atoms with Crippen LogP contribution in [-0.4, -0.2) is 25.6 Å². The number of carbonyl (C=O) groups is 1. The van der Waals surface area contributed by atoms with Gasteiger partial charge in [-0.05, 0) is 24.5 Å². The third-order valence-corrected chi connectivity index (χ3v) is 4.42. The number of rotatable bonds is 5. The quantitative estimate of drug-likeness (QED) is 0.777. The van der Waals surface area contributed by atoms with Crippen LogP contribution in [0.15, 0.2) is 18.2 Å². The lowest BCUT2D eigenvalue weighted by molar-refractivity contribution is -0.142. The van der Waals surface area contributed by atoms with E-state index in [1.807, 2.05) is 0 Å². The molecule has 1 fully saturated rings. The van der Waals surface area contributed by atoms with E-state index in [0.717, 1.165) is 38.5 Å². The molecule has 1 aromatic carbocycles. The summed E-state index contributed by atoms with van der Waals surface area (Å²) < 4.78 is 24.7. The molecule has 1 saturated carbocycles. The fourth-order valence-corrected chi connectivity index (χ4v) is 3.08. The molecule has 0 spiro atoms. The van der Waals surface area contributed by atoms with Gasteiger partial charge < -0.3 is 9.47 Å². The van der Waals surface area contributed by atoms with Crippen molar-refractivity contribution in [2.45, 2.75) is 50.5 Å². The Morgan fingerprint density at radius 2 is 1.86 bits per heavy atom. The van der Waals surface area contributed by atoms with Gasteiger partial charge in [0, 0.05) is 13.5 Å². The van der Waals surface area contributed by atoms with Crippen LogP contribution in [-0.2, 0) is 16.0 Å². The minimum Gasteiger partial charge on any atom is -0.494 e. The number of halogens is 1. The van der Waals surface area contributed by atoms with E-state index in [2.05, 4.69) is 0 Å². The van der Waals surface area contributed by atoms with Gasteiger partial charge in [0.05, 0.1) is 7.11 Å². The Balaban J connectivity index is 2.19. The molecule has 0 heterocycles. The van der Waals surface area contributed by atoms with E-state index in [1.54, 1.807) is 25.3 Å². The second kappa shape index (κ2) is 7.03. The summed E-state index contributed by atoms with van der Waals surface area (Å²) in [7, 11) is 3.01. The molecule has 0 bridgehead atoms. The van der Waals surface area contributed by atoms with Gasteiger partial charge in [0.2, 0.25) is 0 Å². The topological polar surface area (TPSA) is 35.5 Å². The van der Waals surface area contributed by atoms with Crippen molar-refractivity contribution in [3.63, 3.8) is 0 Å². The van der Waals surface area contributed by atoms with Crippen LogP contribution in [0.4, 0.5) is 4.39 Å². The molecule has 1 aromatic rings. The van der Waals surface area contributed by atoms with Gasteiger partial charge in [0.15, 0.2) is 17.3 Å². The summed E-state index contributed by atoms with van der Waals surface area (Å²) in [5, 5.41) is 0. The maximum atomic E-state index is 14.2. The first-order valence-electron chi connectivity index (χ1n) is 7.53. The van der Waals surface area contributed by atoms with Gasteiger partial charge in [-0.1, -0.05) is 37.8 Å². The van der Waals surface area contributed by atoms with Gasteiger partial charge in [-0.2, -0.15) is 0 Å². The highest BCUT2D eigenvalue weighted by atomic mass is 19.1. The molecule has 0 aromatic heterocycles. The monoisotopic (exact) mass is 294 g/mol. The predicted molar refractivity (Wildman–Crippen MR) is 79.1 cm³/mol. The van der Waals surface area contributed by atoms with Crippen LogP contribution in [0.25, 0.3) is 0 Å². The minimum atomic E-state index is -0.744. The number of benzene rings is 1. The Morgan fingerprint density at radius 1 is 1.19 bits per heavy atom. The zero-order valence-electron chi connectivity index (χ0n) is 12.8. The molecular weight excluding hydrogens is 271 g/mol. The zero-order valence-corrected chi connectivity index (χ0v) is 12.8. The van der Waals surface area contributed by atoms with Crippen molar-refractivity contribution in [1.29, 1.82) is 0 Å². The first-order chi connectivity index (χ1) is 10.1. The van der Waals surface area contributed by atoms with Gasteiger partial charge in [-0.3, -0.25) is 4.79 Å². The van der Waals surface area contributed by atoms with Gasteiger partial charge in [0.25, 0.3) is 0 Å². The van der Waals surface area contributed by atoms with Crippen molar-refractivity contribution >= 4 is 5.78 Å². The van der Waals surface area contributed by atoms with Crippen LogP contribution in [0, 0.1) is 5.82 Å². The smallest absolute Gasteiger partial charge is 0.169 e. The van der Waals surface area contributed by atoms with E-state index in [4.69, 9.17) is 9.47 Å². The number of carbonyl (C=O) groups excluding carboxylic acids is 1. The Morgan fingerprint density at radius 3 is 2.43 bits per heavy atom. The summed E-state index contributed by atoms with van der Waals surface area (Å²) in [5.41, 5.74) is -0.369. The summed E-state index contributed by atoms with van der Waals surface area (Å²) in [6, 6.07) is 4.90. The van der Waals surface area contributed by atoms with Crippen LogP contribution in [0.1, 0.15) is 44.1 Å². The molecule has 1 aliphatic carbocycles. The van der Waals surface area contributed by atoms with E-state index >= 15 is 0 Å². The third-order valence-electron chi connectivity index (χ3n) is 4.42. The van der Waals surface area contributed by atoms with Crippen molar-refractivity contribution in [1.82, 2.24) is 0 Å². The maximum absolute atomic E-state index is 14.2. The lowest BCUT2D eigenvalue weighted by atomic mass is 9.86. The summed E-state index contributed by atoms with van der Waals surface area (Å²) in [6.45, 7) is 0. The summed E-state index contributed by atoms with van der Waals surface area (Å²) in [5.74, 6) is -0.306. The lowest BCUT2D eigenvalue weighted by Gasteiger charge is -2.30. The number of Topliss-reactive ketones (excluding diaryl/α,β-unsaturated/α-hetero) is 1. The molecule has 0 N–H and O–H groups in total. The normalized spacial score (nSPS) is 18.0. The molecule has 0 unspecified atom stereocenters. The SMILES string of the molecule is COc1cccc(CC(=O)C2(OC)CCCCCC2)c1F. The Kier molecular flexibility index (Phi) is 5.34. The standard InChI is InChI=1S/C17H23FO3/c1-20-14-9-7-8-13(16(14)18)12-15(19)17(21-2)10-5-3-4-6-11-17/h7-9H,3-6,10-12H2,1-2H3. The average molecular weight is 294 g/mol. The van der Waals surface area contributed by atoms with Crippen LogP contribution < -0.4 is 4.74 Å². The van der Waals surface area contributed by atoms with Crippen LogP contribution in [0.3, 0.4) is 0 Å². The molecule has 0 saturated heterocycles. The number of ether oxygens (including phenoxy) is 2. The van der Waals surface area contributed by atoms with E-state index in [1.165, 1.54) is 7.11 Å². The fraction of sp³-hybridized carbons (Fsp3) is 0.588. The number of methoxy groups -OCH3 is 2. The van der Waals surface area contributed by atoms with Crippen LogP contribution in [0.2, 0.25) is 0 Å². The highest BCUT2D eigenvalue weighted by Crippen LogP contribution is 2.32. The third kappa shape index (κ3) is 3.43. The first kappa shape index (κ1) is 16.0. The fourth-order valence-electron chi connectivity index (χ4n) is 3.08. The van der Waals surface area contributed by atoms with E-state index in [0.29, 0.717) is 5.56 Å². The molecule has 0 aliphatic heterocycles. The molecule has 21 heavy (non-hydrogen) atoms. The largest absolute Gasteiger partial charge is 0.494 e. The molecule has 0 amide bonds. The molecule has 3 nitrogen and oxygen atoms in total. The zero-order chi connectivity index (χ0) is 15.3. The molecule has 4 heteroatoms.